The highest BCUT2D eigenvalue weighted by atomic mass is 35.7. The summed E-state index contributed by atoms with van der Waals surface area (Å²) in [5, 5.41) is 0. The fourth-order valence-corrected chi connectivity index (χ4v) is 0. The van der Waals surface area contributed by atoms with Gasteiger partial charge >= 0.3 is 13.2 Å². The lowest BCUT2D eigenvalue weighted by molar-refractivity contribution is 0.561. The second-order valence-electron chi connectivity index (χ2n) is 0.377. The van der Waals surface area contributed by atoms with E-state index >= 15 is 0 Å². The van der Waals surface area contributed by atoms with Crippen LogP contribution < -0.4 is 0 Å². The lowest BCUT2D eigenvalue weighted by Gasteiger charge is -1.32. The molecule has 0 N–H and O–H groups in total. The molecule has 0 fully saturated rings. The molecule has 4 heteroatoms. The largest absolute Gasteiger partial charge is 0.528 e. The highest BCUT2D eigenvalue weighted by molar-refractivity contribution is 7.85. The van der Waals surface area contributed by atoms with Crippen molar-refractivity contribution in [3.05, 3.63) is 0 Å². The molecule has 0 aliphatic heterocycles. The van der Waals surface area contributed by atoms with Crippen molar-refractivity contribution in [3.63, 3.8) is 0 Å². The number of carbonyl (C=O) groups excluding carboxylic acids is 1. The Morgan fingerprint density at radius 2 is 2.00 bits per heavy atom. The van der Waals surface area contributed by atoms with Gasteiger partial charge in [-0.25, -0.2) is 4.79 Å². The SMILES string of the molecule is O=C[P+](=O)Cl. The summed E-state index contributed by atoms with van der Waals surface area (Å²) in [6, 6.07) is 0.191. The Bertz CT molecular complexity index is 60.7. The van der Waals surface area contributed by atoms with E-state index in [4.69, 9.17) is 4.79 Å². The highest BCUT2D eigenvalue weighted by Gasteiger charge is 2.02. The van der Waals surface area contributed by atoms with Crippen molar-refractivity contribution in [2.24, 2.45) is 0 Å². The van der Waals surface area contributed by atoms with Crippen LogP contribution in [0.5, 0.6) is 0 Å². The maximum atomic E-state index is 9.36. The van der Waals surface area contributed by atoms with Crippen LogP contribution in [-0.4, -0.2) is 6.03 Å². The standard InChI is InChI=1S/CHClO2P/c2-5(4)1-3/h1H/q+1. The van der Waals surface area contributed by atoms with Crippen molar-refractivity contribution in [3.8, 4) is 0 Å². The van der Waals surface area contributed by atoms with Crippen LogP contribution in [0.25, 0.3) is 0 Å². The topological polar surface area (TPSA) is 34.1 Å². The normalized spacial score (nSPS) is 10.2. The van der Waals surface area contributed by atoms with E-state index < -0.39 is 7.15 Å². The molecule has 0 aromatic heterocycles. The quantitative estimate of drug-likeness (QED) is 0.376. The van der Waals surface area contributed by atoms with E-state index in [-0.39, 0.29) is 6.03 Å². The third kappa shape index (κ3) is 4.06. The minimum Gasteiger partial charge on any atom is -0.242 e. The lowest BCUT2D eigenvalue weighted by atomic mass is 11.8. The van der Waals surface area contributed by atoms with Gasteiger partial charge in [0, 0.05) is 0 Å². The first kappa shape index (κ1) is 5.06. The summed E-state index contributed by atoms with van der Waals surface area (Å²) in [6.07, 6.45) is 0. The van der Waals surface area contributed by atoms with Gasteiger partial charge in [-0.15, -0.1) is 0 Å². The molecule has 2 nitrogen and oxygen atoms in total. The van der Waals surface area contributed by atoms with Crippen molar-refractivity contribution >= 4 is 24.4 Å². The predicted octanol–water partition coefficient (Wildman–Crippen LogP) is 1.16. The van der Waals surface area contributed by atoms with Crippen molar-refractivity contribution in [1.29, 1.82) is 0 Å². The predicted molar refractivity (Wildman–Crippen MR) is 20.2 cm³/mol. The van der Waals surface area contributed by atoms with Gasteiger partial charge in [0.15, 0.2) is 0 Å². The van der Waals surface area contributed by atoms with Gasteiger partial charge in [0.2, 0.25) is 11.2 Å². The molecule has 0 bridgehead atoms. The first-order valence-corrected chi connectivity index (χ1v) is 3.08. The van der Waals surface area contributed by atoms with Crippen LogP contribution >= 0.6 is 18.4 Å². The third-order valence-electron chi connectivity index (χ3n) is 0.0829. The van der Waals surface area contributed by atoms with Crippen LogP contribution in [0.15, 0.2) is 0 Å². The van der Waals surface area contributed by atoms with E-state index in [2.05, 4.69) is 11.2 Å². The number of carbonyl (C=O) groups is 1. The average molecular weight is 111 g/mol. The first-order chi connectivity index (χ1) is 2.27. The maximum Gasteiger partial charge on any atom is 0.528 e. The molecular formula is CHClO2P+. The summed E-state index contributed by atoms with van der Waals surface area (Å²) in [5.41, 5.74) is 0. The number of rotatable bonds is 1. The van der Waals surface area contributed by atoms with Crippen molar-refractivity contribution in [2.75, 3.05) is 0 Å². The summed E-state index contributed by atoms with van der Waals surface area (Å²) >= 11 is 4.60. The molecule has 0 aromatic carbocycles. The Balaban J connectivity index is 3.20. The van der Waals surface area contributed by atoms with Crippen LogP contribution in [-0.2, 0) is 9.36 Å². The molecule has 0 amide bonds. The number of hydrogen-bond donors (Lipinski definition) is 0. The number of hydrogen-bond acceptors (Lipinski definition) is 2. The zero-order valence-electron chi connectivity index (χ0n) is 2.22. The van der Waals surface area contributed by atoms with Gasteiger partial charge < -0.3 is 0 Å². The summed E-state index contributed by atoms with van der Waals surface area (Å²) in [7, 11) is -2.06. The molecular weight excluding hydrogens is 110 g/mol. The molecule has 0 aliphatic carbocycles. The fourth-order valence-electron chi connectivity index (χ4n) is 0. The molecule has 28 valence electrons. The molecule has 0 heterocycles. The molecule has 0 rings (SSSR count). The second-order valence-corrected chi connectivity index (χ2v) is 2.13. The molecule has 0 spiro atoms. The van der Waals surface area contributed by atoms with Gasteiger partial charge in [0.05, 0.1) is 0 Å². The molecule has 0 aliphatic rings. The van der Waals surface area contributed by atoms with E-state index in [9.17, 15) is 4.57 Å². The summed E-state index contributed by atoms with van der Waals surface area (Å²) in [6.45, 7) is 0. The van der Waals surface area contributed by atoms with Gasteiger partial charge in [0.1, 0.15) is 0 Å². The van der Waals surface area contributed by atoms with E-state index in [1.54, 1.807) is 0 Å². The Kier molecular flexibility index (Phi) is 2.33. The highest BCUT2D eigenvalue weighted by Crippen LogP contribution is 2.19. The molecule has 0 radical (unpaired) electrons. The van der Waals surface area contributed by atoms with Gasteiger partial charge in [-0.1, -0.05) is 0 Å². The van der Waals surface area contributed by atoms with Gasteiger partial charge in [0.25, 0.3) is 0 Å². The Hall–Kier alpha value is 0.0600. The third-order valence-corrected chi connectivity index (χ3v) is 0.488. The fraction of sp³-hybridized carbons (Fsp3) is 0. The molecule has 1 atom stereocenters. The zero-order valence-corrected chi connectivity index (χ0v) is 3.87. The first-order valence-electron chi connectivity index (χ1n) is 0.846. The molecule has 0 saturated heterocycles. The van der Waals surface area contributed by atoms with Crippen LogP contribution in [0.2, 0.25) is 0 Å². The van der Waals surface area contributed by atoms with Crippen LogP contribution in [0, 0.1) is 0 Å². The second kappa shape index (κ2) is 2.31. The molecule has 1 unspecified atom stereocenters. The van der Waals surface area contributed by atoms with Crippen LogP contribution in [0.4, 0.5) is 0 Å². The van der Waals surface area contributed by atoms with Gasteiger partial charge in [-0.3, -0.25) is 0 Å². The van der Waals surface area contributed by atoms with Gasteiger partial charge in [-0.2, -0.15) is 0 Å². The summed E-state index contributed by atoms with van der Waals surface area (Å²) < 4.78 is 9.36. The Morgan fingerprint density at radius 3 is 2.00 bits per heavy atom. The van der Waals surface area contributed by atoms with Crippen molar-refractivity contribution in [1.82, 2.24) is 0 Å². The maximum absolute atomic E-state index is 9.36. The van der Waals surface area contributed by atoms with Crippen molar-refractivity contribution < 1.29 is 9.36 Å². The molecule has 0 aromatic rings. The van der Waals surface area contributed by atoms with Gasteiger partial charge in [-0.05, 0) is 4.57 Å². The molecule has 0 saturated carbocycles. The lowest BCUT2D eigenvalue weighted by Crippen LogP contribution is -1.39. The van der Waals surface area contributed by atoms with E-state index in [1.807, 2.05) is 0 Å². The Morgan fingerprint density at radius 1 is 1.80 bits per heavy atom. The zero-order chi connectivity index (χ0) is 4.28. The minimum atomic E-state index is -2.06. The molecule has 5 heavy (non-hydrogen) atoms. The smallest absolute Gasteiger partial charge is 0.242 e. The Labute approximate surface area is 34.7 Å². The monoisotopic (exact) mass is 111 g/mol. The minimum absolute atomic E-state index is 0.191. The van der Waals surface area contributed by atoms with E-state index in [1.165, 1.54) is 0 Å². The average Bonchev–Trinajstić information content (AvgIpc) is 1.38. The van der Waals surface area contributed by atoms with Crippen LogP contribution in [0.1, 0.15) is 0 Å². The number of halogens is 1. The summed E-state index contributed by atoms with van der Waals surface area (Å²) in [4.78, 5) is 9.09. The summed E-state index contributed by atoms with van der Waals surface area (Å²) in [5.74, 6) is 0. The van der Waals surface area contributed by atoms with E-state index in [0.29, 0.717) is 0 Å². The van der Waals surface area contributed by atoms with E-state index in [0.717, 1.165) is 0 Å². The van der Waals surface area contributed by atoms with Crippen LogP contribution in [0.3, 0.4) is 0 Å². The van der Waals surface area contributed by atoms with Crippen molar-refractivity contribution in [2.45, 2.75) is 0 Å².